The van der Waals surface area contributed by atoms with E-state index in [2.05, 4.69) is 13.0 Å². The highest BCUT2D eigenvalue weighted by Crippen LogP contribution is 2.22. The summed E-state index contributed by atoms with van der Waals surface area (Å²) in [6.07, 6.45) is 10.2. The van der Waals surface area contributed by atoms with E-state index in [-0.39, 0.29) is 0 Å². The average molecular weight is 232 g/mol. The summed E-state index contributed by atoms with van der Waals surface area (Å²) in [6, 6.07) is 9.80. The van der Waals surface area contributed by atoms with Crippen LogP contribution in [-0.4, -0.2) is 5.11 Å². The fourth-order valence-electron chi connectivity index (χ4n) is 1.87. The van der Waals surface area contributed by atoms with Gasteiger partial charge in [0, 0.05) is 0 Å². The molecule has 1 aromatic carbocycles. The Morgan fingerprint density at radius 3 is 2.47 bits per heavy atom. The zero-order valence-corrected chi connectivity index (χ0v) is 11.0. The molecule has 0 heterocycles. The molecule has 0 unspecified atom stereocenters. The first-order valence-electron chi connectivity index (χ1n) is 6.62. The van der Waals surface area contributed by atoms with Crippen LogP contribution in [0.3, 0.4) is 0 Å². The maximum absolute atomic E-state index is 10.3. The highest BCUT2D eigenvalue weighted by Gasteiger charge is 2.17. The van der Waals surface area contributed by atoms with Gasteiger partial charge in [-0.05, 0) is 25.3 Å². The van der Waals surface area contributed by atoms with Gasteiger partial charge in [-0.15, -0.1) is 0 Å². The van der Waals surface area contributed by atoms with Crippen LogP contribution in [0.2, 0.25) is 0 Å². The summed E-state index contributed by atoms with van der Waals surface area (Å²) in [6.45, 7) is 4.06. The molecule has 1 atom stereocenters. The Balaban J connectivity index is 2.41. The zero-order chi connectivity index (χ0) is 12.6. The molecule has 1 heteroatoms. The van der Waals surface area contributed by atoms with E-state index < -0.39 is 5.60 Å². The largest absolute Gasteiger partial charge is 0.381 e. The van der Waals surface area contributed by atoms with E-state index >= 15 is 0 Å². The van der Waals surface area contributed by atoms with Gasteiger partial charge < -0.3 is 5.11 Å². The maximum Gasteiger partial charge on any atom is 0.105 e. The van der Waals surface area contributed by atoms with E-state index in [4.69, 9.17) is 0 Å². The first kappa shape index (κ1) is 14.0. The third kappa shape index (κ3) is 5.18. The summed E-state index contributed by atoms with van der Waals surface area (Å²) < 4.78 is 0. The predicted molar refractivity (Wildman–Crippen MR) is 73.9 cm³/mol. The molecule has 94 valence electrons. The molecule has 0 aliphatic carbocycles. The lowest BCUT2D eigenvalue weighted by Gasteiger charge is -2.19. The molecule has 0 amide bonds. The fraction of sp³-hybridized carbons (Fsp3) is 0.500. The number of aliphatic hydroxyl groups is 1. The summed E-state index contributed by atoms with van der Waals surface area (Å²) in [5.41, 5.74) is 0.108. The minimum absolute atomic E-state index is 0.841. The molecule has 0 radical (unpaired) electrons. The summed E-state index contributed by atoms with van der Waals surface area (Å²) >= 11 is 0. The fourth-order valence-corrected chi connectivity index (χ4v) is 1.87. The van der Waals surface area contributed by atoms with Crippen molar-refractivity contribution in [1.29, 1.82) is 0 Å². The predicted octanol–water partition coefficient (Wildman–Crippen LogP) is 4.42. The normalized spacial score (nSPS) is 15.0. The Morgan fingerprint density at radius 1 is 1.12 bits per heavy atom. The third-order valence-corrected chi connectivity index (χ3v) is 3.02. The van der Waals surface area contributed by atoms with Gasteiger partial charge in [-0.25, -0.2) is 0 Å². The van der Waals surface area contributed by atoms with Gasteiger partial charge >= 0.3 is 0 Å². The molecule has 0 fully saturated rings. The number of hydrogen-bond acceptors (Lipinski definition) is 1. The molecule has 0 aliphatic heterocycles. The molecular formula is C16H24O. The van der Waals surface area contributed by atoms with E-state index in [1.807, 2.05) is 43.3 Å². The van der Waals surface area contributed by atoms with Gasteiger partial charge in [0.15, 0.2) is 0 Å². The lowest BCUT2D eigenvalue weighted by atomic mass is 9.95. The lowest BCUT2D eigenvalue weighted by molar-refractivity contribution is 0.111. The molecule has 0 aromatic heterocycles. The van der Waals surface area contributed by atoms with Crippen molar-refractivity contribution in [1.82, 2.24) is 0 Å². The van der Waals surface area contributed by atoms with Crippen molar-refractivity contribution in [3.63, 3.8) is 0 Å². The summed E-state index contributed by atoms with van der Waals surface area (Å²) in [5, 5.41) is 10.3. The molecule has 0 aliphatic rings. The van der Waals surface area contributed by atoms with Gasteiger partial charge in [0.25, 0.3) is 0 Å². The molecule has 0 saturated carbocycles. The van der Waals surface area contributed by atoms with Crippen LogP contribution in [0, 0.1) is 0 Å². The molecule has 1 N–H and O–H groups in total. The quantitative estimate of drug-likeness (QED) is 0.545. The van der Waals surface area contributed by atoms with Gasteiger partial charge in [-0.3, -0.25) is 0 Å². The van der Waals surface area contributed by atoms with Crippen molar-refractivity contribution in [3.8, 4) is 0 Å². The van der Waals surface area contributed by atoms with Crippen LogP contribution in [0.15, 0.2) is 42.5 Å². The standard InChI is InChI=1S/C16H24O/c1-3-4-5-6-7-11-14-16(2,17)15-12-9-8-10-13-15/h8-14,17H,3-7H2,1-2H3/b14-11+/t16-/m1/s1. The van der Waals surface area contributed by atoms with Crippen LogP contribution >= 0.6 is 0 Å². The molecular weight excluding hydrogens is 208 g/mol. The molecule has 0 spiro atoms. The van der Waals surface area contributed by atoms with Crippen LogP contribution in [0.4, 0.5) is 0 Å². The van der Waals surface area contributed by atoms with Crippen molar-refractivity contribution in [2.75, 3.05) is 0 Å². The minimum Gasteiger partial charge on any atom is -0.381 e. The van der Waals surface area contributed by atoms with Gasteiger partial charge in [0.1, 0.15) is 5.60 Å². The van der Waals surface area contributed by atoms with Gasteiger partial charge in [0.05, 0.1) is 0 Å². The minimum atomic E-state index is -0.841. The summed E-state index contributed by atoms with van der Waals surface area (Å²) in [7, 11) is 0. The molecule has 0 saturated heterocycles. The van der Waals surface area contributed by atoms with Gasteiger partial charge in [-0.2, -0.15) is 0 Å². The zero-order valence-electron chi connectivity index (χ0n) is 11.0. The SMILES string of the molecule is CCCCCC/C=C/[C@@](C)(O)c1ccccc1. The molecule has 1 rings (SSSR count). The van der Waals surface area contributed by atoms with Crippen molar-refractivity contribution < 1.29 is 5.11 Å². The monoisotopic (exact) mass is 232 g/mol. The number of rotatable bonds is 7. The van der Waals surface area contributed by atoms with E-state index in [9.17, 15) is 5.11 Å². The Kier molecular flexibility index (Phi) is 5.99. The third-order valence-electron chi connectivity index (χ3n) is 3.02. The average Bonchev–Trinajstić information content (AvgIpc) is 2.35. The van der Waals surface area contributed by atoms with E-state index in [0.29, 0.717) is 0 Å². The summed E-state index contributed by atoms with van der Waals surface area (Å²) in [5.74, 6) is 0. The first-order chi connectivity index (χ1) is 8.17. The molecule has 1 aromatic rings. The van der Waals surface area contributed by atoms with Gasteiger partial charge in [0.2, 0.25) is 0 Å². The Morgan fingerprint density at radius 2 is 1.82 bits per heavy atom. The van der Waals surface area contributed by atoms with Crippen molar-refractivity contribution >= 4 is 0 Å². The van der Waals surface area contributed by atoms with Crippen LogP contribution in [0.5, 0.6) is 0 Å². The summed E-state index contributed by atoms with van der Waals surface area (Å²) in [4.78, 5) is 0. The number of hydrogen-bond donors (Lipinski definition) is 1. The molecule has 17 heavy (non-hydrogen) atoms. The number of allylic oxidation sites excluding steroid dienone is 1. The van der Waals surface area contributed by atoms with Crippen LogP contribution in [-0.2, 0) is 5.60 Å². The Hall–Kier alpha value is -1.08. The highest BCUT2D eigenvalue weighted by atomic mass is 16.3. The van der Waals surface area contributed by atoms with Gasteiger partial charge in [-0.1, -0.05) is 68.7 Å². The number of unbranched alkanes of at least 4 members (excludes halogenated alkanes) is 4. The van der Waals surface area contributed by atoms with E-state index in [1.54, 1.807) is 0 Å². The number of benzene rings is 1. The second kappa shape index (κ2) is 7.29. The Bertz CT molecular complexity index is 325. The van der Waals surface area contributed by atoms with Crippen LogP contribution in [0.1, 0.15) is 51.5 Å². The Labute approximate surface area is 105 Å². The first-order valence-corrected chi connectivity index (χ1v) is 6.62. The lowest BCUT2D eigenvalue weighted by Crippen LogP contribution is -2.17. The van der Waals surface area contributed by atoms with Crippen molar-refractivity contribution in [2.24, 2.45) is 0 Å². The van der Waals surface area contributed by atoms with Crippen molar-refractivity contribution in [3.05, 3.63) is 48.0 Å². The molecule has 1 nitrogen and oxygen atoms in total. The van der Waals surface area contributed by atoms with Crippen LogP contribution < -0.4 is 0 Å². The van der Waals surface area contributed by atoms with E-state index in [0.717, 1.165) is 12.0 Å². The van der Waals surface area contributed by atoms with Crippen LogP contribution in [0.25, 0.3) is 0 Å². The smallest absolute Gasteiger partial charge is 0.105 e. The second-order valence-electron chi connectivity index (χ2n) is 4.77. The second-order valence-corrected chi connectivity index (χ2v) is 4.77. The highest BCUT2D eigenvalue weighted by molar-refractivity contribution is 5.25. The topological polar surface area (TPSA) is 20.2 Å². The van der Waals surface area contributed by atoms with E-state index in [1.165, 1.54) is 25.7 Å². The molecule has 0 bridgehead atoms. The maximum atomic E-state index is 10.3. The van der Waals surface area contributed by atoms with Crippen molar-refractivity contribution in [2.45, 2.75) is 51.6 Å².